The lowest BCUT2D eigenvalue weighted by molar-refractivity contribution is 0.414. The fourth-order valence-electron chi connectivity index (χ4n) is 2.14. The molecule has 2 nitrogen and oxygen atoms in total. The van der Waals surface area contributed by atoms with Gasteiger partial charge >= 0.3 is 0 Å². The van der Waals surface area contributed by atoms with Gasteiger partial charge in [-0.05, 0) is 41.8 Å². The van der Waals surface area contributed by atoms with E-state index in [9.17, 15) is 0 Å². The van der Waals surface area contributed by atoms with Crippen molar-refractivity contribution in [3.05, 3.63) is 59.7 Å². The predicted octanol–water partition coefficient (Wildman–Crippen LogP) is 4.22. The third-order valence-corrected chi connectivity index (χ3v) is 4.80. The maximum absolute atomic E-state index is 5.17. The largest absolute Gasteiger partial charge is 0.497 e. The van der Waals surface area contributed by atoms with Crippen molar-refractivity contribution in [1.82, 2.24) is 0 Å². The van der Waals surface area contributed by atoms with Crippen LogP contribution in [0.25, 0.3) is 0 Å². The van der Waals surface area contributed by atoms with Crippen LogP contribution < -0.4 is 9.47 Å². The number of hydrogen-bond donors (Lipinski definition) is 2. The van der Waals surface area contributed by atoms with Crippen molar-refractivity contribution < 1.29 is 9.47 Å². The van der Waals surface area contributed by atoms with Crippen LogP contribution in [0.1, 0.15) is 16.4 Å². The van der Waals surface area contributed by atoms with Crippen molar-refractivity contribution in [2.75, 3.05) is 14.2 Å². The molecular formula is C17H20O2S2. The first-order valence-electron chi connectivity index (χ1n) is 6.77. The smallest absolute Gasteiger partial charge is 0.118 e. The second-order valence-corrected chi connectivity index (χ2v) is 6.06. The molecule has 0 saturated heterocycles. The summed E-state index contributed by atoms with van der Waals surface area (Å²) in [4.78, 5) is 0. The van der Waals surface area contributed by atoms with Crippen LogP contribution in [0.2, 0.25) is 0 Å². The number of thiol groups is 2. The van der Waals surface area contributed by atoms with Gasteiger partial charge in [0.15, 0.2) is 0 Å². The van der Waals surface area contributed by atoms with E-state index in [1.54, 1.807) is 14.2 Å². The Hall–Kier alpha value is -1.26. The normalized spacial score (nSPS) is 13.5. The molecule has 0 radical (unpaired) electrons. The van der Waals surface area contributed by atoms with Crippen LogP contribution >= 0.6 is 25.3 Å². The standard InChI is InChI=1S/C17H20O2S2/c1-18-14-7-3-12(4-8-14)11-16(20)17(21)13-5-9-15(19-2)10-6-13/h3-10,16-17,20-21H,11H2,1-2H3. The summed E-state index contributed by atoms with van der Waals surface area (Å²) < 4.78 is 10.3. The fraction of sp³-hybridized carbons (Fsp3) is 0.294. The predicted molar refractivity (Wildman–Crippen MR) is 94.2 cm³/mol. The summed E-state index contributed by atoms with van der Waals surface area (Å²) in [5, 5.41) is 0.205. The van der Waals surface area contributed by atoms with Crippen LogP contribution in [0.5, 0.6) is 11.5 Å². The van der Waals surface area contributed by atoms with Gasteiger partial charge in [0, 0.05) is 10.5 Å². The lowest BCUT2D eigenvalue weighted by atomic mass is 10.0. The summed E-state index contributed by atoms with van der Waals surface area (Å²) in [6, 6.07) is 16.0. The van der Waals surface area contributed by atoms with Crippen LogP contribution in [0, 0.1) is 0 Å². The van der Waals surface area contributed by atoms with Crippen LogP contribution in [0.15, 0.2) is 48.5 Å². The highest BCUT2D eigenvalue weighted by atomic mass is 32.1. The van der Waals surface area contributed by atoms with Crippen molar-refractivity contribution in [1.29, 1.82) is 0 Å². The zero-order chi connectivity index (χ0) is 15.2. The number of ether oxygens (including phenoxy) is 2. The molecule has 0 aliphatic heterocycles. The van der Waals surface area contributed by atoms with Crippen molar-refractivity contribution in [3.8, 4) is 11.5 Å². The molecule has 21 heavy (non-hydrogen) atoms. The molecule has 0 spiro atoms. The lowest BCUT2D eigenvalue weighted by Crippen LogP contribution is -2.11. The molecule has 0 amide bonds. The second-order valence-electron chi connectivity index (χ2n) is 4.84. The molecule has 2 aromatic rings. The van der Waals surface area contributed by atoms with E-state index in [1.807, 2.05) is 36.4 Å². The second kappa shape index (κ2) is 7.66. The van der Waals surface area contributed by atoms with Gasteiger partial charge in [-0.15, -0.1) is 0 Å². The van der Waals surface area contributed by atoms with Crippen molar-refractivity contribution in [2.24, 2.45) is 0 Å². The molecule has 0 N–H and O–H groups in total. The summed E-state index contributed by atoms with van der Waals surface area (Å²) in [5.41, 5.74) is 2.37. The van der Waals surface area contributed by atoms with E-state index in [0.29, 0.717) is 0 Å². The molecule has 0 aliphatic carbocycles. The van der Waals surface area contributed by atoms with Crippen LogP contribution in [-0.4, -0.2) is 19.5 Å². The highest BCUT2D eigenvalue weighted by Gasteiger charge is 2.17. The van der Waals surface area contributed by atoms with Crippen molar-refractivity contribution in [2.45, 2.75) is 16.9 Å². The summed E-state index contributed by atoms with van der Waals surface area (Å²) >= 11 is 9.41. The topological polar surface area (TPSA) is 18.5 Å². The molecule has 2 aromatic carbocycles. The first kappa shape index (κ1) is 16.1. The van der Waals surface area contributed by atoms with Gasteiger partial charge in [0.05, 0.1) is 14.2 Å². The SMILES string of the molecule is COc1ccc(CC(S)C(S)c2ccc(OC)cc2)cc1. The Bertz CT molecular complexity index is 552. The monoisotopic (exact) mass is 320 g/mol. The molecule has 0 fully saturated rings. The molecule has 0 aromatic heterocycles. The Morgan fingerprint density at radius 3 is 1.76 bits per heavy atom. The van der Waals surface area contributed by atoms with E-state index in [-0.39, 0.29) is 10.5 Å². The lowest BCUT2D eigenvalue weighted by Gasteiger charge is -2.19. The Balaban J connectivity index is 2.01. The van der Waals surface area contributed by atoms with Gasteiger partial charge in [-0.25, -0.2) is 0 Å². The highest BCUT2D eigenvalue weighted by Crippen LogP contribution is 2.31. The molecule has 112 valence electrons. The van der Waals surface area contributed by atoms with Crippen LogP contribution in [-0.2, 0) is 6.42 Å². The average Bonchev–Trinajstić information content (AvgIpc) is 2.55. The van der Waals surface area contributed by atoms with Crippen LogP contribution in [0.3, 0.4) is 0 Å². The summed E-state index contributed by atoms with van der Waals surface area (Å²) in [6.07, 6.45) is 0.854. The maximum atomic E-state index is 5.17. The van der Waals surface area contributed by atoms with Gasteiger partial charge in [-0.3, -0.25) is 0 Å². The molecule has 0 saturated carbocycles. The fourth-order valence-corrected chi connectivity index (χ4v) is 2.80. The van der Waals surface area contributed by atoms with E-state index < -0.39 is 0 Å². The number of rotatable bonds is 6. The molecule has 4 heteroatoms. The zero-order valence-corrected chi connectivity index (χ0v) is 14.0. The van der Waals surface area contributed by atoms with Crippen LogP contribution in [0.4, 0.5) is 0 Å². The minimum atomic E-state index is 0.0707. The average molecular weight is 320 g/mol. The molecule has 0 heterocycles. The van der Waals surface area contributed by atoms with Gasteiger partial charge in [0.2, 0.25) is 0 Å². The van der Waals surface area contributed by atoms with Gasteiger partial charge < -0.3 is 9.47 Å². The van der Waals surface area contributed by atoms with E-state index >= 15 is 0 Å². The van der Waals surface area contributed by atoms with Gasteiger partial charge in [-0.2, -0.15) is 25.3 Å². The van der Waals surface area contributed by atoms with E-state index in [0.717, 1.165) is 23.5 Å². The molecule has 0 aliphatic rings. The molecule has 2 unspecified atom stereocenters. The Morgan fingerprint density at radius 2 is 1.29 bits per heavy atom. The van der Waals surface area contributed by atoms with E-state index in [4.69, 9.17) is 34.7 Å². The minimum Gasteiger partial charge on any atom is -0.497 e. The summed E-state index contributed by atoms with van der Waals surface area (Å²) in [7, 11) is 3.34. The van der Waals surface area contributed by atoms with Crippen molar-refractivity contribution in [3.63, 3.8) is 0 Å². The number of hydrogen-bond acceptors (Lipinski definition) is 4. The molecular weight excluding hydrogens is 300 g/mol. The Kier molecular flexibility index (Phi) is 5.88. The Morgan fingerprint density at radius 1 is 0.810 bits per heavy atom. The van der Waals surface area contributed by atoms with Crippen molar-refractivity contribution >= 4 is 25.3 Å². The third kappa shape index (κ3) is 4.35. The molecule has 0 bridgehead atoms. The quantitative estimate of drug-likeness (QED) is 0.777. The number of methoxy groups -OCH3 is 2. The third-order valence-electron chi connectivity index (χ3n) is 3.43. The first-order valence-corrected chi connectivity index (χ1v) is 7.80. The van der Waals surface area contributed by atoms with Gasteiger partial charge in [0.1, 0.15) is 11.5 Å². The van der Waals surface area contributed by atoms with Gasteiger partial charge in [0.25, 0.3) is 0 Å². The van der Waals surface area contributed by atoms with E-state index in [1.165, 1.54) is 5.56 Å². The summed E-state index contributed by atoms with van der Waals surface area (Å²) in [6.45, 7) is 0. The van der Waals surface area contributed by atoms with E-state index in [2.05, 4.69) is 12.1 Å². The first-order chi connectivity index (χ1) is 10.1. The maximum Gasteiger partial charge on any atom is 0.118 e. The summed E-state index contributed by atoms with van der Waals surface area (Å²) in [5.74, 6) is 1.72. The minimum absolute atomic E-state index is 0.0707. The molecule has 2 rings (SSSR count). The molecule has 2 atom stereocenters. The Labute approximate surface area is 137 Å². The zero-order valence-electron chi connectivity index (χ0n) is 12.2. The van der Waals surface area contributed by atoms with Gasteiger partial charge in [-0.1, -0.05) is 24.3 Å². The number of benzene rings is 2. The highest BCUT2D eigenvalue weighted by molar-refractivity contribution is 7.85.